The molecule has 3 aromatic rings. The van der Waals surface area contributed by atoms with Gasteiger partial charge in [0.05, 0.1) is 30.5 Å². The number of carbonyl (C=O) groups is 1. The third kappa shape index (κ3) is 5.09. The molecule has 190 valence electrons. The summed E-state index contributed by atoms with van der Waals surface area (Å²) in [4.78, 5) is 18.2. The number of esters is 1. The molecule has 2 atom stereocenters. The number of thiocarbonyl (C=S) groups is 1. The van der Waals surface area contributed by atoms with Gasteiger partial charge in [0.15, 0.2) is 5.11 Å². The van der Waals surface area contributed by atoms with E-state index in [-0.39, 0.29) is 24.5 Å². The Kier molecular flexibility index (Phi) is 7.35. The molecule has 0 aliphatic carbocycles. The van der Waals surface area contributed by atoms with Crippen LogP contribution in [-0.2, 0) is 15.7 Å². The number of methoxy groups -OCH3 is 1. The number of aryl methyl sites for hydroxylation is 1. The normalized spacial score (nSPS) is 17.8. The molecular formula is C26H27F3N4O2S. The highest BCUT2D eigenvalue weighted by atomic mass is 32.1. The predicted molar refractivity (Wildman–Crippen MR) is 134 cm³/mol. The molecule has 1 aliphatic rings. The minimum Gasteiger partial charge on any atom is -0.469 e. The lowest BCUT2D eigenvalue weighted by molar-refractivity contribution is -0.141. The van der Waals surface area contributed by atoms with Gasteiger partial charge >= 0.3 is 12.1 Å². The van der Waals surface area contributed by atoms with Crippen LogP contribution in [0.3, 0.4) is 0 Å². The van der Waals surface area contributed by atoms with E-state index in [1.54, 1.807) is 12.3 Å². The maximum atomic E-state index is 13.4. The van der Waals surface area contributed by atoms with E-state index in [1.165, 1.54) is 13.2 Å². The Morgan fingerprint density at radius 1 is 1.17 bits per heavy atom. The van der Waals surface area contributed by atoms with E-state index in [2.05, 4.69) is 10.3 Å². The number of nitrogens with zero attached hydrogens (tertiary/aromatic N) is 3. The standard InChI is InChI=1S/C26H27F3N4O2S/c1-16-14-20(17(2)33(16)19-9-6-8-18(15-19)26(27,28)29)24-23(21-10-4-5-12-30-21)31-25(36)32(24)13-7-11-22(34)35-3/h4-6,8-10,12,14-15,23-24H,7,11,13H2,1-3H3,(H,31,36)/t23-,24-/m0/s1. The monoisotopic (exact) mass is 516 g/mol. The third-order valence-corrected chi connectivity index (χ3v) is 6.78. The smallest absolute Gasteiger partial charge is 0.416 e. The molecule has 1 N–H and O–H groups in total. The highest BCUT2D eigenvalue weighted by molar-refractivity contribution is 7.80. The fourth-order valence-corrected chi connectivity index (χ4v) is 5.12. The Bertz CT molecular complexity index is 1260. The molecule has 6 nitrogen and oxygen atoms in total. The van der Waals surface area contributed by atoms with Crippen LogP contribution < -0.4 is 5.32 Å². The van der Waals surface area contributed by atoms with Gasteiger partial charge in [-0.2, -0.15) is 13.2 Å². The van der Waals surface area contributed by atoms with Crippen LogP contribution in [0.1, 0.15) is 53.1 Å². The number of hydrogen-bond donors (Lipinski definition) is 1. The van der Waals surface area contributed by atoms with E-state index in [1.807, 2.05) is 47.6 Å². The van der Waals surface area contributed by atoms with Gasteiger partial charge in [0.1, 0.15) is 0 Å². The number of carbonyl (C=O) groups excluding carboxylic acids is 1. The molecule has 1 saturated heterocycles. The Balaban J connectivity index is 1.76. The number of alkyl halides is 3. The number of ether oxygens (including phenoxy) is 1. The van der Waals surface area contributed by atoms with Crippen molar-refractivity contribution in [1.29, 1.82) is 0 Å². The molecule has 1 aromatic carbocycles. The molecular weight excluding hydrogens is 489 g/mol. The molecule has 1 fully saturated rings. The first kappa shape index (κ1) is 25.7. The molecule has 10 heteroatoms. The van der Waals surface area contributed by atoms with Gasteiger partial charge in [0.2, 0.25) is 0 Å². The molecule has 3 heterocycles. The second-order valence-corrected chi connectivity index (χ2v) is 9.10. The van der Waals surface area contributed by atoms with Gasteiger partial charge in [-0.1, -0.05) is 12.1 Å². The summed E-state index contributed by atoms with van der Waals surface area (Å²) in [5.41, 5.74) is 3.06. The van der Waals surface area contributed by atoms with Crippen LogP contribution in [0.5, 0.6) is 0 Å². The first-order valence-electron chi connectivity index (χ1n) is 11.5. The first-order chi connectivity index (χ1) is 17.1. The minimum atomic E-state index is -4.43. The quantitative estimate of drug-likeness (QED) is 0.334. The SMILES string of the molecule is COC(=O)CCCN1C(=S)N[C@@H](c2ccccn2)[C@@H]1c1cc(C)n(-c2cccc(C(F)(F)F)c2)c1C. The van der Waals surface area contributed by atoms with E-state index in [0.717, 1.165) is 34.8 Å². The highest BCUT2D eigenvalue weighted by Gasteiger charge is 2.41. The lowest BCUT2D eigenvalue weighted by atomic mass is 9.96. The average Bonchev–Trinajstić information content (AvgIpc) is 3.33. The van der Waals surface area contributed by atoms with Crippen molar-refractivity contribution in [3.05, 3.63) is 82.9 Å². The van der Waals surface area contributed by atoms with Crippen LogP contribution >= 0.6 is 12.2 Å². The van der Waals surface area contributed by atoms with Crippen molar-refractivity contribution in [3.63, 3.8) is 0 Å². The number of halogens is 3. The lowest BCUT2D eigenvalue weighted by Crippen LogP contribution is -2.31. The highest BCUT2D eigenvalue weighted by Crippen LogP contribution is 2.42. The van der Waals surface area contributed by atoms with Gasteiger partial charge in [0, 0.05) is 36.2 Å². The van der Waals surface area contributed by atoms with Crippen LogP contribution in [0.25, 0.3) is 5.69 Å². The second kappa shape index (κ2) is 10.3. The van der Waals surface area contributed by atoms with Crippen molar-refractivity contribution in [2.24, 2.45) is 0 Å². The van der Waals surface area contributed by atoms with Gasteiger partial charge in [-0.05, 0) is 74.4 Å². The van der Waals surface area contributed by atoms with Gasteiger partial charge in [-0.15, -0.1) is 0 Å². The maximum Gasteiger partial charge on any atom is 0.416 e. The third-order valence-electron chi connectivity index (χ3n) is 6.43. The number of nitrogens with one attached hydrogen (secondary N) is 1. The molecule has 0 amide bonds. The van der Waals surface area contributed by atoms with Crippen LogP contribution in [-0.4, -0.2) is 39.2 Å². The lowest BCUT2D eigenvalue weighted by Gasteiger charge is -2.28. The number of rotatable bonds is 7. The summed E-state index contributed by atoms with van der Waals surface area (Å²) in [6.45, 7) is 4.27. The number of hydrogen-bond acceptors (Lipinski definition) is 4. The van der Waals surface area contributed by atoms with E-state index < -0.39 is 11.7 Å². The van der Waals surface area contributed by atoms with E-state index in [9.17, 15) is 18.0 Å². The molecule has 4 rings (SSSR count). The number of benzene rings is 1. The summed E-state index contributed by atoms with van der Waals surface area (Å²) in [5.74, 6) is -0.298. The summed E-state index contributed by atoms with van der Waals surface area (Å²) < 4.78 is 46.8. The van der Waals surface area contributed by atoms with E-state index >= 15 is 0 Å². The fourth-order valence-electron chi connectivity index (χ4n) is 4.79. The molecule has 0 bridgehead atoms. The van der Waals surface area contributed by atoms with Crippen molar-refractivity contribution < 1.29 is 22.7 Å². The van der Waals surface area contributed by atoms with E-state index in [0.29, 0.717) is 23.8 Å². The second-order valence-electron chi connectivity index (χ2n) is 8.71. The zero-order valence-electron chi connectivity index (χ0n) is 20.2. The summed E-state index contributed by atoms with van der Waals surface area (Å²) in [7, 11) is 1.35. The summed E-state index contributed by atoms with van der Waals surface area (Å²) >= 11 is 5.68. The molecule has 0 radical (unpaired) electrons. The van der Waals surface area contributed by atoms with Crippen LogP contribution in [0.4, 0.5) is 13.2 Å². The van der Waals surface area contributed by atoms with Gasteiger partial charge < -0.3 is 19.5 Å². The van der Waals surface area contributed by atoms with Crippen LogP contribution in [0.15, 0.2) is 54.7 Å². The Labute approximate surface area is 213 Å². The minimum absolute atomic E-state index is 0.250. The zero-order chi connectivity index (χ0) is 26.0. The Morgan fingerprint density at radius 3 is 2.61 bits per heavy atom. The predicted octanol–water partition coefficient (Wildman–Crippen LogP) is 5.43. The molecule has 0 unspecified atom stereocenters. The molecule has 0 spiro atoms. The van der Waals surface area contributed by atoms with E-state index in [4.69, 9.17) is 17.0 Å². The van der Waals surface area contributed by atoms with Crippen molar-refractivity contribution in [3.8, 4) is 5.69 Å². The van der Waals surface area contributed by atoms with Crippen LogP contribution in [0.2, 0.25) is 0 Å². The van der Waals surface area contributed by atoms with Gasteiger partial charge in [0.25, 0.3) is 0 Å². The van der Waals surface area contributed by atoms with Gasteiger partial charge in [-0.25, -0.2) is 0 Å². The number of aromatic nitrogens is 2. The number of pyridine rings is 1. The zero-order valence-corrected chi connectivity index (χ0v) is 21.0. The molecule has 0 saturated carbocycles. The van der Waals surface area contributed by atoms with Crippen molar-refractivity contribution >= 4 is 23.3 Å². The van der Waals surface area contributed by atoms with Crippen LogP contribution in [0, 0.1) is 13.8 Å². The topological polar surface area (TPSA) is 59.4 Å². The van der Waals surface area contributed by atoms with Crippen molar-refractivity contribution in [2.75, 3.05) is 13.7 Å². The maximum absolute atomic E-state index is 13.4. The molecule has 2 aromatic heterocycles. The fraction of sp³-hybridized carbons (Fsp3) is 0.346. The summed E-state index contributed by atoms with van der Waals surface area (Å²) in [6, 6.07) is 12.4. The first-order valence-corrected chi connectivity index (χ1v) is 11.9. The summed E-state index contributed by atoms with van der Waals surface area (Å²) in [6.07, 6.45) is -1.94. The molecule has 36 heavy (non-hydrogen) atoms. The van der Waals surface area contributed by atoms with Gasteiger partial charge in [-0.3, -0.25) is 9.78 Å². The Morgan fingerprint density at radius 2 is 1.94 bits per heavy atom. The average molecular weight is 517 g/mol. The Hall–Kier alpha value is -3.40. The molecule has 1 aliphatic heterocycles. The van der Waals surface area contributed by atoms with Crippen molar-refractivity contribution in [1.82, 2.24) is 19.8 Å². The largest absolute Gasteiger partial charge is 0.469 e. The summed E-state index contributed by atoms with van der Waals surface area (Å²) in [5, 5.41) is 3.90. The van der Waals surface area contributed by atoms with Crippen molar-refractivity contribution in [2.45, 2.75) is 44.9 Å².